The Morgan fingerprint density at radius 2 is 1.97 bits per heavy atom. The predicted octanol–water partition coefficient (Wildman–Crippen LogP) is 2.65. The molecule has 1 amide bonds. The fourth-order valence-corrected chi connectivity index (χ4v) is 6.77. The van der Waals surface area contributed by atoms with Crippen LogP contribution in [0.25, 0.3) is 10.2 Å². The van der Waals surface area contributed by atoms with Crippen LogP contribution in [0.15, 0.2) is 46.3 Å². The number of thiazole rings is 1. The van der Waals surface area contributed by atoms with Crippen LogP contribution in [0, 0.1) is 19.3 Å². The number of sulfonamides is 1. The molecule has 33 heavy (non-hydrogen) atoms. The SMILES string of the molecule is C#CCn1c(=NC(=O)C2CCCN2S(=O)(=O)c2ccc(C)cc2)sc2cc3c(cc21)OCO3. The van der Waals surface area contributed by atoms with Gasteiger partial charge in [-0.2, -0.15) is 9.30 Å². The van der Waals surface area contributed by atoms with Crippen LogP contribution >= 0.6 is 11.3 Å². The predicted molar refractivity (Wildman–Crippen MR) is 123 cm³/mol. The molecule has 0 bridgehead atoms. The van der Waals surface area contributed by atoms with Gasteiger partial charge in [-0.1, -0.05) is 35.0 Å². The van der Waals surface area contributed by atoms with E-state index >= 15 is 0 Å². The van der Waals surface area contributed by atoms with Gasteiger partial charge in [0.1, 0.15) is 6.04 Å². The lowest BCUT2D eigenvalue weighted by Gasteiger charge is -2.21. The van der Waals surface area contributed by atoms with Gasteiger partial charge in [0.2, 0.25) is 16.8 Å². The van der Waals surface area contributed by atoms with Crippen molar-refractivity contribution in [2.45, 2.75) is 37.2 Å². The van der Waals surface area contributed by atoms with Crippen molar-refractivity contribution in [3.8, 4) is 23.8 Å². The van der Waals surface area contributed by atoms with Gasteiger partial charge in [-0.05, 0) is 31.9 Å². The van der Waals surface area contributed by atoms with Crippen LogP contribution < -0.4 is 14.3 Å². The van der Waals surface area contributed by atoms with Crippen LogP contribution in [0.2, 0.25) is 0 Å². The summed E-state index contributed by atoms with van der Waals surface area (Å²) in [6.07, 6.45) is 6.58. The van der Waals surface area contributed by atoms with Crippen molar-refractivity contribution in [1.29, 1.82) is 0 Å². The van der Waals surface area contributed by atoms with Gasteiger partial charge in [0.05, 0.1) is 21.7 Å². The number of nitrogens with zero attached hydrogens (tertiary/aromatic N) is 3. The topological polar surface area (TPSA) is 90.2 Å². The number of benzene rings is 2. The standard InChI is InChI=1S/C23H21N3O5S2/c1-3-10-25-18-12-19-20(31-14-30-19)13-21(18)32-23(25)24-22(27)17-5-4-11-26(17)33(28,29)16-8-6-15(2)7-9-16/h1,6-9,12-13,17H,4-5,10-11,14H2,2H3. The lowest BCUT2D eigenvalue weighted by atomic mass is 10.2. The van der Waals surface area contributed by atoms with Crippen LogP contribution in [0.4, 0.5) is 0 Å². The molecule has 3 heterocycles. The average molecular weight is 484 g/mol. The summed E-state index contributed by atoms with van der Waals surface area (Å²) in [4.78, 5) is 18.1. The second kappa shape index (κ2) is 8.33. The Morgan fingerprint density at radius 3 is 2.70 bits per heavy atom. The molecule has 0 saturated carbocycles. The molecule has 10 heteroatoms. The number of terminal acetylenes is 1. The summed E-state index contributed by atoms with van der Waals surface area (Å²) in [6.45, 7) is 2.54. The van der Waals surface area contributed by atoms with Gasteiger partial charge in [0.15, 0.2) is 16.3 Å². The van der Waals surface area contributed by atoms with Crippen molar-refractivity contribution < 1.29 is 22.7 Å². The Morgan fingerprint density at radius 1 is 1.24 bits per heavy atom. The molecule has 1 saturated heterocycles. The summed E-state index contributed by atoms with van der Waals surface area (Å²) in [7, 11) is -3.81. The molecule has 2 aromatic carbocycles. The van der Waals surface area contributed by atoms with Crippen LogP contribution in [-0.2, 0) is 21.4 Å². The van der Waals surface area contributed by atoms with Gasteiger partial charge in [0.25, 0.3) is 5.91 Å². The number of aromatic nitrogens is 1. The highest BCUT2D eigenvalue weighted by molar-refractivity contribution is 7.89. The van der Waals surface area contributed by atoms with Gasteiger partial charge in [-0.15, -0.1) is 6.42 Å². The van der Waals surface area contributed by atoms with E-state index < -0.39 is 22.0 Å². The largest absolute Gasteiger partial charge is 0.454 e. The van der Waals surface area contributed by atoms with Crippen molar-refractivity contribution in [2.75, 3.05) is 13.3 Å². The maximum Gasteiger partial charge on any atom is 0.266 e. The van der Waals surface area contributed by atoms with Crippen molar-refractivity contribution in [2.24, 2.45) is 4.99 Å². The van der Waals surface area contributed by atoms with Crippen molar-refractivity contribution >= 4 is 37.5 Å². The van der Waals surface area contributed by atoms with E-state index in [0.717, 1.165) is 15.8 Å². The van der Waals surface area contributed by atoms with E-state index in [1.165, 1.54) is 15.6 Å². The normalized spacial score (nSPS) is 18.7. The Balaban J connectivity index is 1.53. The summed E-state index contributed by atoms with van der Waals surface area (Å²) >= 11 is 1.30. The molecular formula is C23H21N3O5S2. The minimum absolute atomic E-state index is 0.157. The number of hydrogen-bond acceptors (Lipinski definition) is 6. The average Bonchev–Trinajstić information content (AvgIpc) is 3.52. The highest BCUT2D eigenvalue weighted by atomic mass is 32.2. The Labute approximate surface area is 195 Å². The van der Waals surface area contributed by atoms with Gasteiger partial charge >= 0.3 is 0 Å². The fraction of sp³-hybridized carbons (Fsp3) is 0.304. The molecule has 1 atom stereocenters. The van der Waals surface area contributed by atoms with E-state index in [1.807, 2.05) is 19.1 Å². The number of amides is 1. The molecule has 0 N–H and O–H groups in total. The fourth-order valence-electron chi connectivity index (χ4n) is 4.08. The molecule has 3 aromatic rings. The Bertz CT molecular complexity index is 1460. The van der Waals surface area contributed by atoms with Crippen molar-refractivity contribution in [3.05, 3.63) is 46.8 Å². The van der Waals surface area contributed by atoms with Gasteiger partial charge < -0.3 is 14.0 Å². The van der Waals surface area contributed by atoms with E-state index in [0.29, 0.717) is 29.1 Å². The Hall–Kier alpha value is -3.13. The summed E-state index contributed by atoms with van der Waals surface area (Å²) in [5, 5.41) is 0. The van der Waals surface area contributed by atoms with Gasteiger partial charge in [0, 0.05) is 18.7 Å². The minimum atomic E-state index is -3.81. The van der Waals surface area contributed by atoms with Crippen LogP contribution in [0.1, 0.15) is 18.4 Å². The molecule has 1 aromatic heterocycles. The third-order valence-corrected chi connectivity index (χ3v) is 8.71. The molecule has 2 aliphatic heterocycles. The number of aryl methyl sites for hydroxylation is 1. The van der Waals surface area contributed by atoms with E-state index in [1.54, 1.807) is 28.8 Å². The van der Waals surface area contributed by atoms with Crippen LogP contribution in [-0.4, -0.2) is 42.6 Å². The number of carbonyl (C=O) groups excluding carboxylic acids is 1. The van der Waals surface area contributed by atoms with E-state index in [2.05, 4.69) is 10.9 Å². The van der Waals surface area contributed by atoms with Crippen LogP contribution in [0.3, 0.4) is 0 Å². The summed E-state index contributed by atoms with van der Waals surface area (Å²) < 4.78 is 41.2. The third-order valence-electron chi connectivity index (χ3n) is 5.75. The smallest absolute Gasteiger partial charge is 0.266 e. The Kier molecular flexibility index (Phi) is 5.48. The molecule has 2 aliphatic rings. The van der Waals surface area contributed by atoms with Crippen molar-refractivity contribution in [3.63, 3.8) is 0 Å². The summed E-state index contributed by atoms with van der Waals surface area (Å²) in [5.74, 6) is 3.32. The second-order valence-electron chi connectivity index (χ2n) is 7.88. The number of ether oxygens (including phenoxy) is 2. The van der Waals surface area contributed by atoms with Gasteiger partial charge in [-0.25, -0.2) is 8.42 Å². The molecule has 5 rings (SSSR count). The van der Waals surface area contributed by atoms with Crippen molar-refractivity contribution in [1.82, 2.24) is 8.87 Å². The molecule has 0 spiro atoms. The highest BCUT2D eigenvalue weighted by Crippen LogP contribution is 2.37. The zero-order chi connectivity index (χ0) is 23.2. The maximum atomic E-state index is 13.2. The lowest BCUT2D eigenvalue weighted by molar-refractivity contribution is -0.121. The first-order valence-corrected chi connectivity index (χ1v) is 12.7. The second-order valence-corrected chi connectivity index (χ2v) is 10.8. The molecule has 170 valence electrons. The molecular weight excluding hydrogens is 462 g/mol. The quantitative estimate of drug-likeness (QED) is 0.532. The number of fused-ring (bicyclic) bond motifs is 2. The molecule has 1 unspecified atom stereocenters. The molecule has 0 aliphatic carbocycles. The first-order valence-electron chi connectivity index (χ1n) is 10.4. The number of rotatable bonds is 4. The van der Waals surface area contributed by atoms with E-state index in [4.69, 9.17) is 15.9 Å². The number of hydrogen-bond donors (Lipinski definition) is 0. The monoisotopic (exact) mass is 483 g/mol. The van der Waals surface area contributed by atoms with Gasteiger partial charge in [-0.3, -0.25) is 4.79 Å². The third kappa shape index (κ3) is 3.82. The summed E-state index contributed by atoms with van der Waals surface area (Å²) in [6, 6.07) is 9.43. The molecule has 1 fully saturated rings. The zero-order valence-corrected chi connectivity index (χ0v) is 19.5. The maximum absolute atomic E-state index is 13.2. The zero-order valence-electron chi connectivity index (χ0n) is 17.9. The lowest BCUT2D eigenvalue weighted by Crippen LogP contribution is -2.40. The highest BCUT2D eigenvalue weighted by Gasteiger charge is 2.39. The summed E-state index contributed by atoms with van der Waals surface area (Å²) in [5.41, 5.74) is 1.74. The first kappa shape index (κ1) is 21.7. The van der Waals surface area contributed by atoms with E-state index in [9.17, 15) is 13.2 Å². The minimum Gasteiger partial charge on any atom is -0.454 e. The molecule has 8 nitrogen and oxygen atoms in total. The first-order chi connectivity index (χ1) is 15.9. The number of carbonyl (C=O) groups is 1. The van der Waals surface area contributed by atoms with E-state index in [-0.39, 0.29) is 24.8 Å². The van der Waals surface area contributed by atoms with Crippen LogP contribution in [0.5, 0.6) is 11.5 Å². The molecule has 0 radical (unpaired) electrons.